The normalized spacial score (nSPS) is 13.5. The van der Waals surface area contributed by atoms with Crippen molar-refractivity contribution in [1.82, 2.24) is 14.4 Å². The third-order valence-corrected chi connectivity index (χ3v) is 2.17. The summed E-state index contributed by atoms with van der Waals surface area (Å²) in [5.41, 5.74) is 0.659. The van der Waals surface area contributed by atoms with Crippen LogP contribution in [0.25, 0.3) is 5.65 Å². The number of aromatic nitrogens is 3. The zero-order chi connectivity index (χ0) is 10.4. The zero-order valence-electron chi connectivity index (χ0n) is 8.02. The first kappa shape index (κ1) is 8.10. The number of aliphatic imine (C=N–C) groups is 1. The smallest absolute Gasteiger partial charge is 0.247 e. The number of anilines is 1. The van der Waals surface area contributed by atoms with Crippen LogP contribution < -0.4 is 10.9 Å². The first-order chi connectivity index (χ1) is 7.24. The van der Waals surface area contributed by atoms with Crippen LogP contribution in [0.5, 0.6) is 0 Å². The molecule has 6 heteroatoms. The van der Waals surface area contributed by atoms with Crippen LogP contribution >= 0.6 is 0 Å². The molecular weight excluding hydrogens is 192 g/mol. The Morgan fingerprint density at radius 1 is 1.33 bits per heavy atom. The Labute approximate surface area is 84.9 Å². The van der Waals surface area contributed by atoms with Gasteiger partial charge in [-0.25, -0.2) is 4.40 Å². The van der Waals surface area contributed by atoms with E-state index >= 15 is 0 Å². The van der Waals surface area contributed by atoms with Gasteiger partial charge in [-0.3, -0.25) is 5.41 Å². The van der Waals surface area contributed by atoms with Gasteiger partial charge in [0.25, 0.3) is 0 Å². The molecule has 2 aromatic heterocycles. The van der Waals surface area contributed by atoms with E-state index in [0.29, 0.717) is 11.6 Å². The summed E-state index contributed by atoms with van der Waals surface area (Å²) in [6, 6.07) is 5.62. The van der Waals surface area contributed by atoms with E-state index in [4.69, 9.17) is 5.41 Å². The van der Waals surface area contributed by atoms with Gasteiger partial charge in [0, 0.05) is 0 Å². The van der Waals surface area contributed by atoms with Crippen molar-refractivity contribution in [3.63, 3.8) is 0 Å². The van der Waals surface area contributed by atoms with Gasteiger partial charge >= 0.3 is 0 Å². The monoisotopic (exact) mass is 200 g/mol. The minimum atomic E-state index is -0.0133. The number of nitrogens with one attached hydrogen (secondary N) is 2. The standard InChI is InChI=1S/C9H8N6/c1-5-11-6-3-2-4-7-13-8(10)14-9(12-5)15(6)7/h2-4H,1H3,(H2,10,11,12,13,14). The second kappa shape index (κ2) is 2.63. The SMILES string of the molecule is CC1=Nc2nc(=N)nc3cccc(n23)N1. The van der Waals surface area contributed by atoms with Crippen molar-refractivity contribution >= 4 is 23.2 Å². The predicted molar refractivity (Wildman–Crippen MR) is 55.2 cm³/mol. The molecular formula is C9H8N6. The molecule has 0 unspecified atom stereocenters. The van der Waals surface area contributed by atoms with Crippen LogP contribution in [0.4, 0.5) is 11.8 Å². The van der Waals surface area contributed by atoms with Crippen molar-refractivity contribution in [2.24, 2.45) is 4.99 Å². The molecule has 0 bridgehead atoms. The minimum Gasteiger partial charge on any atom is -0.330 e. The van der Waals surface area contributed by atoms with Gasteiger partial charge in [0.05, 0.1) is 0 Å². The van der Waals surface area contributed by atoms with Gasteiger partial charge in [-0.05, 0) is 19.1 Å². The molecule has 0 fully saturated rings. The molecule has 0 amide bonds. The Morgan fingerprint density at radius 3 is 3.07 bits per heavy atom. The number of pyridine rings is 1. The zero-order valence-corrected chi connectivity index (χ0v) is 8.02. The first-order valence-corrected chi connectivity index (χ1v) is 4.51. The highest BCUT2D eigenvalue weighted by atomic mass is 15.3. The van der Waals surface area contributed by atoms with E-state index in [0.717, 1.165) is 11.7 Å². The fraction of sp³-hybridized carbons (Fsp3) is 0.111. The predicted octanol–water partition coefficient (Wildman–Crippen LogP) is 0.684. The second-order valence-electron chi connectivity index (χ2n) is 3.27. The summed E-state index contributed by atoms with van der Waals surface area (Å²) in [4.78, 5) is 12.2. The molecule has 74 valence electrons. The number of nitrogens with zero attached hydrogens (tertiary/aromatic N) is 4. The molecule has 15 heavy (non-hydrogen) atoms. The molecule has 1 aliphatic heterocycles. The second-order valence-corrected chi connectivity index (χ2v) is 3.27. The maximum absolute atomic E-state index is 7.46. The molecule has 0 aromatic carbocycles. The summed E-state index contributed by atoms with van der Waals surface area (Å²) in [5, 5.41) is 10.6. The molecule has 0 saturated carbocycles. The maximum atomic E-state index is 7.46. The minimum absolute atomic E-state index is 0.0133. The van der Waals surface area contributed by atoms with Crippen molar-refractivity contribution in [2.45, 2.75) is 6.92 Å². The summed E-state index contributed by atoms with van der Waals surface area (Å²) < 4.78 is 1.78. The molecule has 0 spiro atoms. The molecule has 6 nitrogen and oxygen atoms in total. The lowest BCUT2D eigenvalue weighted by Crippen LogP contribution is -2.21. The third-order valence-electron chi connectivity index (χ3n) is 2.17. The Hall–Kier alpha value is -2.24. The van der Waals surface area contributed by atoms with Crippen LogP contribution in [0, 0.1) is 5.41 Å². The van der Waals surface area contributed by atoms with Crippen LogP contribution in [0.3, 0.4) is 0 Å². The largest absolute Gasteiger partial charge is 0.330 e. The van der Waals surface area contributed by atoms with Crippen LogP contribution in [-0.4, -0.2) is 20.2 Å². The van der Waals surface area contributed by atoms with Crippen molar-refractivity contribution in [2.75, 3.05) is 5.32 Å². The Kier molecular flexibility index (Phi) is 1.42. The lowest BCUT2D eigenvalue weighted by molar-refractivity contribution is 0.900. The van der Waals surface area contributed by atoms with E-state index in [1.54, 1.807) is 4.40 Å². The average molecular weight is 200 g/mol. The molecule has 2 N–H and O–H groups in total. The fourth-order valence-electron chi connectivity index (χ4n) is 1.61. The molecule has 3 heterocycles. The number of hydrogen-bond donors (Lipinski definition) is 2. The Morgan fingerprint density at radius 2 is 2.20 bits per heavy atom. The molecule has 0 aliphatic carbocycles. The third kappa shape index (κ3) is 1.11. The summed E-state index contributed by atoms with van der Waals surface area (Å²) >= 11 is 0. The van der Waals surface area contributed by atoms with E-state index in [1.807, 2.05) is 25.1 Å². The quantitative estimate of drug-likeness (QED) is 0.656. The fourth-order valence-corrected chi connectivity index (χ4v) is 1.61. The highest BCUT2D eigenvalue weighted by Crippen LogP contribution is 2.20. The topological polar surface area (TPSA) is 78.4 Å². The molecule has 0 atom stereocenters. The van der Waals surface area contributed by atoms with Crippen molar-refractivity contribution in [1.29, 1.82) is 5.41 Å². The summed E-state index contributed by atoms with van der Waals surface area (Å²) in [5.74, 6) is 2.13. The van der Waals surface area contributed by atoms with Crippen LogP contribution in [-0.2, 0) is 0 Å². The summed E-state index contributed by atoms with van der Waals surface area (Å²) in [6.45, 7) is 1.86. The van der Waals surface area contributed by atoms with Gasteiger partial charge in [-0.2, -0.15) is 15.0 Å². The van der Waals surface area contributed by atoms with Crippen molar-refractivity contribution < 1.29 is 0 Å². The van der Waals surface area contributed by atoms with Gasteiger partial charge in [-0.1, -0.05) is 6.07 Å². The highest BCUT2D eigenvalue weighted by molar-refractivity contribution is 5.96. The Bertz CT molecular complexity index is 639. The Balaban J connectivity index is 2.55. The lowest BCUT2D eigenvalue weighted by atomic mass is 10.4. The van der Waals surface area contributed by atoms with Crippen LogP contribution in [0.2, 0.25) is 0 Å². The molecule has 2 aromatic rings. The first-order valence-electron chi connectivity index (χ1n) is 4.51. The van der Waals surface area contributed by atoms with Gasteiger partial charge in [0.2, 0.25) is 11.6 Å². The van der Waals surface area contributed by atoms with E-state index in [1.165, 1.54) is 0 Å². The van der Waals surface area contributed by atoms with Crippen LogP contribution in [0.15, 0.2) is 23.2 Å². The number of amidine groups is 1. The van der Waals surface area contributed by atoms with Crippen LogP contribution in [0.1, 0.15) is 6.92 Å². The maximum Gasteiger partial charge on any atom is 0.247 e. The van der Waals surface area contributed by atoms with E-state index in [9.17, 15) is 0 Å². The number of rotatable bonds is 0. The van der Waals surface area contributed by atoms with Gasteiger partial charge in [0.1, 0.15) is 17.3 Å². The summed E-state index contributed by atoms with van der Waals surface area (Å²) in [7, 11) is 0. The van der Waals surface area contributed by atoms with Crippen molar-refractivity contribution in [3.8, 4) is 0 Å². The van der Waals surface area contributed by atoms with Gasteiger partial charge in [-0.15, -0.1) is 0 Å². The molecule has 1 aliphatic rings. The highest BCUT2D eigenvalue weighted by Gasteiger charge is 2.11. The van der Waals surface area contributed by atoms with Gasteiger partial charge < -0.3 is 5.32 Å². The molecule has 0 saturated heterocycles. The van der Waals surface area contributed by atoms with Gasteiger partial charge in [0.15, 0.2) is 0 Å². The van der Waals surface area contributed by atoms with E-state index in [-0.39, 0.29) is 5.62 Å². The van der Waals surface area contributed by atoms with E-state index < -0.39 is 0 Å². The van der Waals surface area contributed by atoms with E-state index in [2.05, 4.69) is 20.3 Å². The summed E-state index contributed by atoms with van der Waals surface area (Å²) in [6.07, 6.45) is 0. The number of hydrogen-bond acceptors (Lipinski definition) is 5. The molecule has 3 rings (SSSR count). The lowest BCUT2D eigenvalue weighted by Gasteiger charge is -2.16. The molecule has 0 radical (unpaired) electrons. The average Bonchev–Trinajstić information content (AvgIpc) is 2.16. The van der Waals surface area contributed by atoms with Crippen molar-refractivity contribution in [3.05, 3.63) is 23.8 Å².